The van der Waals surface area contributed by atoms with Crippen LogP contribution >= 0.6 is 0 Å². The highest BCUT2D eigenvalue weighted by molar-refractivity contribution is 5.70. The average molecular weight is 189 g/mol. The van der Waals surface area contributed by atoms with Gasteiger partial charge in [-0.2, -0.15) is 0 Å². The number of allylic oxidation sites excluding steroid dienone is 1. The molecule has 1 aromatic rings. The molecule has 2 nitrogen and oxygen atoms in total. The number of fused-ring (bicyclic) bond motifs is 1. The summed E-state index contributed by atoms with van der Waals surface area (Å²) in [4.78, 5) is 0. The van der Waals surface area contributed by atoms with Crippen LogP contribution in [0.5, 0.6) is 0 Å². The normalized spacial score (nSPS) is 19.3. The first-order valence-corrected chi connectivity index (χ1v) is 4.80. The van der Waals surface area contributed by atoms with Gasteiger partial charge < -0.3 is 10.8 Å². The highest BCUT2D eigenvalue weighted by Gasteiger charge is 2.31. The Labute approximate surface area is 84.1 Å². The molecule has 2 rings (SSSR count). The molecule has 1 aliphatic carbocycles. The van der Waals surface area contributed by atoms with Crippen LogP contribution in [0.2, 0.25) is 0 Å². The van der Waals surface area contributed by atoms with E-state index in [4.69, 9.17) is 5.73 Å². The Kier molecular flexibility index (Phi) is 1.81. The van der Waals surface area contributed by atoms with Crippen molar-refractivity contribution >= 4 is 5.70 Å². The van der Waals surface area contributed by atoms with Crippen LogP contribution in [0.1, 0.15) is 31.4 Å². The summed E-state index contributed by atoms with van der Waals surface area (Å²) < 4.78 is 0. The Balaban J connectivity index is 2.69. The van der Waals surface area contributed by atoms with Crippen molar-refractivity contribution in [1.82, 2.24) is 0 Å². The van der Waals surface area contributed by atoms with E-state index >= 15 is 0 Å². The SMILES string of the molecule is CC1(C)CC(O)=C(N)c2ccccc21. The quantitative estimate of drug-likeness (QED) is 0.658. The molecule has 3 N–H and O–H groups in total. The summed E-state index contributed by atoms with van der Waals surface area (Å²) in [6, 6.07) is 7.99. The smallest absolute Gasteiger partial charge is 0.117 e. The molecular weight excluding hydrogens is 174 g/mol. The molecule has 1 aliphatic rings. The molecular formula is C12H15NO. The van der Waals surface area contributed by atoms with Gasteiger partial charge in [-0.15, -0.1) is 0 Å². The second-order valence-electron chi connectivity index (χ2n) is 4.47. The minimum atomic E-state index is -0.0243. The van der Waals surface area contributed by atoms with Crippen molar-refractivity contribution in [2.24, 2.45) is 5.73 Å². The van der Waals surface area contributed by atoms with Crippen LogP contribution in [0.3, 0.4) is 0 Å². The first-order valence-electron chi connectivity index (χ1n) is 4.80. The van der Waals surface area contributed by atoms with Gasteiger partial charge in [0.25, 0.3) is 0 Å². The lowest BCUT2D eigenvalue weighted by atomic mass is 9.74. The molecule has 0 bridgehead atoms. The zero-order valence-corrected chi connectivity index (χ0v) is 8.54. The largest absolute Gasteiger partial charge is 0.510 e. The molecule has 0 aliphatic heterocycles. The number of aliphatic hydroxyl groups is 1. The molecule has 0 radical (unpaired) electrons. The van der Waals surface area contributed by atoms with E-state index in [2.05, 4.69) is 19.9 Å². The first kappa shape index (κ1) is 9.13. The fourth-order valence-electron chi connectivity index (χ4n) is 2.07. The van der Waals surface area contributed by atoms with Gasteiger partial charge in [-0.1, -0.05) is 38.1 Å². The summed E-state index contributed by atoms with van der Waals surface area (Å²) >= 11 is 0. The summed E-state index contributed by atoms with van der Waals surface area (Å²) in [5, 5.41) is 9.71. The summed E-state index contributed by atoms with van der Waals surface area (Å²) in [6.07, 6.45) is 0.621. The highest BCUT2D eigenvalue weighted by atomic mass is 16.3. The molecule has 74 valence electrons. The van der Waals surface area contributed by atoms with Crippen molar-refractivity contribution < 1.29 is 5.11 Å². The molecule has 0 saturated carbocycles. The van der Waals surface area contributed by atoms with Crippen LogP contribution in [0, 0.1) is 0 Å². The Hall–Kier alpha value is -1.44. The molecule has 0 amide bonds. The van der Waals surface area contributed by atoms with E-state index in [-0.39, 0.29) is 5.41 Å². The maximum Gasteiger partial charge on any atom is 0.117 e. The third-order valence-electron chi connectivity index (χ3n) is 2.87. The number of hydrogen-bond donors (Lipinski definition) is 2. The van der Waals surface area contributed by atoms with Crippen LogP contribution in [0.25, 0.3) is 5.70 Å². The molecule has 14 heavy (non-hydrogen) atoms. The number of nitrogens with two attached hydrogens (primary N) is 1. The predicted molar refractivity (Wildman–Crippen MR) is 57.8 cm³/mol. The Bertz CT molecular complexity index is 405. The lowest BCUT2D eigenvalue weighted by Gasteiger charge is -2.32. The van der Waals surface area contributed by atoms with E-state index in [0.29, 0.717) is 17.9 Å². The van der Waals surface area contributed by atoms with E-state index in [0.717, 1.165) is 5.56 Å². The lowest BCUT2D eigenvalue weighted by Crippen LogP contribution is -2.26. The molecule has 0 saturated heterocycles. The topological polar surface area (TPSA) is 46.2 Å². The van der Waals surface area contributed by atoms with Gasteiger partial charge in [0, 0.05) is 12.0 Å². The zero-order chi connectivity index (χ0) is 10.3. The molecule has 0 unspecified atom stereocenters. The van der Waals surface area contributed by atoms with Gasteiger partial charge in [0.1, 0.15) is 5.76 Å². The fourth-order valence-corrected chi connectivity index (χ4v) is 2.07. The summed E-state index contributed by atoms with van der Waals surface area (Å²) in [6.45, 7) is 4.24. The number of rotatable bonds is 0. The standard InChI is InChI=1S/C12H15NO/c1-12(2)7-10(14)11(13)8-5-3-4-6-9(8)12/h3-6,14H,7,13H2,1-2H3. The van der Waals surface area contributed by atoms with Crippen LogP contribution in [-0.2, 0) is 5.41 Å². The highest BCUT2D eigenvalue weighted by Crippen LogP contribution is 2.39. The lowest BCUT2D eigenvalue weighted by molar-refractivity contribution is 0.339. The van der Waals surface area contributed by atoms with Gasteiger partial charge in [-0.25, -0.2) is 0 Å². The van der Waals surface area contributed by atoms with Crippen LogP contribution in [-0.4, -0.2) is 5.11 Å². The van der Waals surface area contributed by atoms with Crippen molar-refractivity contribution in [3.8, 4) is 0 Å². The minimum absolute atomic E-state index is 0.0243. The summed E-state index contributed by atoms with van der Waals surface area (Å²) in [5.74, 6) is 0.314. The van der Waals surface area contributed by atoms with Crippen molar-refractivity contribution in [2.45, 2.75) is 25.7 Å². The number of hydrogen-bond acceptors (Lipinski definition) is 2. The van der Waals surface area contributed by atoms with E-state index in [9.17, 15) is 5.11 Å². The molecule has 2 heteroatoms. The van der Waals surface area contributed by atoms with Gasteiger partial charge in [-0.05, 0) is 11.0 Å². The second kappa shape index (κ2) is 2.77. The molecule has 0 fully saturated rings. The van der Waals surface area contributed by atoms with E-state index in [1.54, 1.807) is 0 Å². The average Bonchev–Trinajstić information content (AvgIpc) is 2.14. The number of benzene rings is 1. The third-order valence-corrected chi connectivity index (χ3v) is 2.87. The molecule has 1 aromatic carbocycles. The van der Waals surface area contributed by atoms with Gasteiger partial charge >= 0.3 is 0 Å². The minimum Gasteiger partial charge on any atom is -0.510 e. The van der Waals surface area contributed by atoms with Gasteiger partial charge in [0.15, 0.2) is 0 Å². The van der Waals surface area contributed by atoms with Gasteiger partial charge in [0.05, 0.1) is 5.70 Å². The van der Waals surface area contributed by atoms with Crippen LogP contribution < -0.4 is 5.73 Å². The Morgan fingerprint density at radius 1 is 1.29 bits per heavy atom. The van der Waals surface area contributed by atoms with Gasteiger partial charge in [-0.3, -0.25) is 0 Å². The second-order valence-corrected chi connectivity index (χ2v) is 4.47. The third kappa shape index (κ3) is 1.18. The van der Waals surface area contributed by atoms with Gasteiger partial charge in [0.2, 0.25) is 0 Å². The maximum atomic E-state index is 9.71. The van der Waals surface area contributed by atoms with Crippen molar-refractivity contribution in [3.05, 3.63) is 41.2 Å². The maximum absolute atomic E-state index is 9.71. The molecule has 0 heterocycles. The fraction of sp³-hybridized carbons (Fsp3) is 0.333. The van der Waals surface area contributed by atoms with Crippen molar-refractivity contribution in [2.75, 3.05) is 0 Å². The van der Waals surface area contributed by atoms with E-state index < -0.39 is 0 Å². The van der Waals surface area contributed by atoms with E-state index in [1.807, 2.05) is 18.2 Å². The van der Waals surface area contributed by atoms with Crippen LogP contribution in [0.15, 0.2) is 30.0 Å². The number of aliphatic hydroxyl groups excluding tert-OH is 1. The predicted octanol–water partition coefficient (Wildman–Crippen LogP) is 2.55. The molecule has 0 aromatic heterocycles. The zero-order valence-electron chi connectivity index (χ0n) is 8.54. The van der Waals surface area contributed by atoms with Crippen LogP contribution in [0.4, 0.5) is 0 Å². The molecule has 0 atom stereocenters. The molecule has 0 spiro atoms. The summed E-state index contributed by atoms with van der Waals surface area (Å²) in [5.41, 5.74) is 8.54. The van der Waals surface area contributed by atoms with Crippen molar-refractivity contribution in [1.29, 1.82) is 0 Å². The summed E-state index contributed by atoms with van der Waals surface area (Å²) in [7, 11) is 0. The monoisotopic (exact) mass is 189 g/mol. The Morgan fingerprint density at radius 2 is 1.93 bits per heavy atom. The first-order chi connectivity index (χ1) is 6.52. The Morgan fingerprint density at radius 3 is 2.64 bits per heavy atom. The van der Waals surface area contributed by atoms with Crippen molar-refractivity contribution in [3.63, 3.8) is 0 Å². The van der Waals surface area contributed by atoms with E-state index in [1.165, 1.54) is 5.56 Å².